The summed E-state index contributed by atoms with van der Waals surface area (Å²) in [7, 11) is 0. The fourth-order valence-electron chi connectivity index (χ4n) is 1.20. The molecular weight excluding hydrogens is 228 g/mol. The van der Waals surface area contributed by atoms with E-state index in [-0.39, 0.29) is 0 Å². The van der Waals surface area contributed by atoms with Crippen LogP contribution in [-0.4, -0.2) is 4.98 Å². The molecular formula is C10H5BrN2. The van der Waals surface area contributed by atoms with Crippen molar-refractivity contribution in [1.29, 1.82) is 5.26 Å². The van der Waals surface area contributed by atoms with Gasteiger partial charge in [0, 0.05) is 16.1 Å². The van der Waals surface area contributed by atoms with Gasteiger partial charge in [-0.1, -0.05) is 28.1 Å². The third-order valence-corrected chi connectivity index (χ3v) is 2.52. The minimum absolute atomic E-state index is 0.450. The Balaban J connectivity index is 2.82. The Morgan fingerprint density at radius 2 is 2.23 bits per heavy atom. The number of nitrogens with zero attached hydrogens (tertiary/aromatic N) is 2. The Bertz CT molecular complexity index is 500. The molecule has 2 aromatic rings. The first kappa shape index (κ1) is 8.21. The minimum atomic E-state index is 0.450. The number of aromatic nitrogens is 1. The third kappa shape index (κ3) is 1.41. The molecule has 1 aromatic heterocycles. The summed E-state index contributed by atoms with van der Waals surface area (Å²) in [5, 5.41) is 10.7. The molecule has 1 heterocycles. The Labute approximate surface area is 84.0 Å². The standard InChI is InChI=1S/C10H5BrN2/c11-10-3-1-2-7-4-8(5-12)13-6-9(7)10/h1-4,6H. The van der Waals surface area contributed by atoms with Crippen LogP contribution < -0.4 is 0 Å². The minimum Gasteiger partial charge on any atom is -0.245 e. The second-order valence-corrected chi connectivity index (χ2v) is 3.50. The lowest BCUT2D eigenvalue weighted by Crippen LogP contribution is -1.82. The van der Waals surface area contributed by atoms with Gasteiger partial charge in [-0.25, -0.2) is 4.98 Å². The first-order valence-corrected chi connectivity index (χ1v) is 4.55. The summed E-state index contributed by atoms with van der Waals surface area (Å²) in [5.41, 5.74) is 0.450. The fourth-order valence-corrected chi connectivity index (χ4v) is 1.68. The van der Waals surface area contributed by atoms with Crippen molar-refractivity contribution in [3.63, 3.8) is 0 Å². The largest absolute Gasteiger partial charge is 0.245 e. The Hall–Kier alpha value is -1.40. The van der Waals surface area contributed by atoms with Crippen molar-refractivity contribution >= 4 is 26.7 Å². The summed E-state index contributed by atoms with van der Waals surface area (Å²) in [6, 6.07) is 9.64. The monoisotopic (exact) mass is 232 g/mol. The van der Waals surface area contributed by atoms with Crippen molar-refractivity contribution < 1.29 is 0 Å². The van der Waals surface area contributed by atoms with Crippen LogP contribution >= 0.6 is 15.9 Å². The fraction of sp³-hybridized carbons (Fsp3) is 0. The molecule has 0 N–H and O–H groups in total. The molecule has 0 fully saturated rings. The lowest BCUT2D eigenvalue weighted by atomic mass is 10.1. The van der Waals surface area contributed by atoms with Crippen LogP contribution in [-0.2, 0) is 0 Å². The SMILES string of the molecule is N#Cc1cc2cccc(Br)c2cn1. The van der Waals surface area contributed by atoms with Crippen molar-refractivity contribution in [2.75, 3.05) is 0 Å². The number of halogens is 1. The number of fused-ring (bicyclic) bond motifs is 1. The van der Waals surface area contributed by atoms with Crippen molar-refractivity contribution in [3.8, 4) is 6.07 Å². The highest BCUT2D eigenvalue weighted by molar-refractivity contribution is 9.10. The number of benzene rings is 1. The van der Waals surface area contributed by atoms with Crippen molar-refractivity contribution in [1.82, 2.24) is 4.98 Å². The average Bonchev–Trinajstić information content (AvgIpc) is 2.18. The van der Waals surface area contributed by atoms with Crippen LogP contribution in [0, 0.1) is 11.3 Å². The molecule has 0 aliphatic carbocycles. The topological polar surface area (TPSA) is 36.7 Å². The Kier molecular flexibility index (Phi) is 1.99. The van der Waals surface area contributed by atoms with Crippen LogP contribution in [0.4, 0.5) is 0 Å². The highest BCUT2D eigenvalue weighted by Gasteiger charge is 1.99. The van der Waals surface area contributed by atoms with E-state index in [1.54, 1.807) is 12.3 Å². The van der Waals surface area contributed by atoms with E-state index < -0.39 is 0 Å². The van der Waals surface area contributed by atoms with Crippen LogP contribution in [0.15, 0.2) is 34.9 Å². The molecule has 0 radical (unpaired) electrons. The van der Waals surface area contributed by atoms with Crippen LogP contribution in [0.25, 0.3) is 10.8 Å². The van der Waals surface area contributed by atoms with Crippen LogP contribution in [0.5, 0.6) is 0 Å². The maximum atomic E-state index is 8.64. The van der Waals surface area contributed by atoms with Gasteiger partial charge >= 0.3 is 0 Å². The molecule has 3 heteroatoms. The van der Waals surface area contributed by atoms with Gasteiger partial charge in [0.1, 0.15) is 11.8 Å². The molecule has 0 saturated carbocycles. The zero-order valence-corrected chi connectivity index (χ0v) is 8.25. The van der Waals surface area contributed by atoms with E-state index >= 15 is 0 Å². The zero-order chi connectivity index (χ0) is 9.26. The summed E-state index contributed by atoms with van der Waals surface area (Å²) in [6.07, 6.45) is 1.71. The summed E-state index contributed by atoms with van der Waals surface area (Å²) in [4.78, 5) is 4.00. The van der Waals surface area contributed by atoms with E-state index in [1.165, 1.54) is 0 Å². The predicted molar refractivity (Wildman–Crippen MR) is 54.2 cm³/mol. The summed E-state index contributed by atoms with van der Waals surface area (Å²) < 4.78 is 1.00. The first-order valence-electron chi connectivity index (χ1n) is 3.75. The molecule has 0 aliphatic heterocycles. The smallest absolute Gasteiger partial charge is 0.141 e. The van der Waals surface area contributed by atoms with Crippen LogP contribution in [0.1, 0.15) is 5.69 Å². The lowest BCUT2D eigenvalue weighted by molar-refractivity contribution is 1.29. The van der Waals surface area contributed by atoms with Crippen LogP contribution in [0.2, 0.25) is 0 Å². The number of pyridine rings is 1. The molecule has 0 atom stereocenters. The van der Waals surface area contributed by atoms with Crippen molar-refractivity contribution in [2.24, 2.45) is 0 Å². The predicted octanol–water partition coefficient (Wildman–Crippen LogP) is 2.87. The van der Waals surface area contributed by atoms with Gasteiger partial charge in [0.15, 0.2) is 0 Å². The molecule has 1 aromatic carbocycles. The molecule has 0 unspecified atom stereocenters. The van der Waals surface area contributed by atoms with Crippen LogP contribution in [0.3, 0.4) is 0 Å². The Morgan fingerprint density at radius 3 is 3.00 bits per heavy atom. The number of hydrogen-bond acceptors (Lipinski definition) is 2. The summed E-state index contributed by atoms with van der Waals surface area (Å²) in [6.45, 7) is 0. The molecule has 0 aliphatic rings. The molecule has 2 nitrogen and oxygen atoms in total. The molecule has 0 amide bonds. The highest BCUT2D eigenvalue weighted by atomic mass is 79.9. The molecule has 62 valence electrons. The normalized spacial score (nSPS) is 9.85. The van der Waals surface area contributed by atoms with Gasteiger partial charge < -0.3 is 0 Å². The molecule has 0 spiro atoms. The van der Waals surface area contributed by atoms with E-state index in [0.29, 0.717) is 5.69 Å². The van der Waals surface area contributed by atoms with Gasteiger partial charge in [-0.15, -0.1) is 0 Å². The lowest BCUT2D eigenvalue weighted by Gasteiger charge is -1.98. The molecule has 13 heavy (non-hydrogen) atoms. The van der Waals surface area contributed by atoms with Gasteiger partial charge in [0.25, 0.3) is 0 Å². The highest BCUT2D eigenvalue weighted by Crippen LogP contribution is 2.22. The molecule has 2 rings (SSSR count). The van der Waals surface area contributed by atoms with E-state index in [2.05, 4.69) is 20.9 Å². The van der Waals surface area contributed by atoms with Gasteiger partial charge in [-0.3, -0.25) is 0 Å². The van der Waals surface area contributed by atoms with E-state index in [0.717, 1.165) is 15.2 Å². The van der Waals surface area contributed by atoms with E-state index in [9.17, 15) is 0 Å². The quantitative estimate of drug-likeness (QED) is 0.701. The summed E-state index contributed by atoms with van der Waals surface area (Å²) >= 11 is 3.42. The first-order chi connectivity index (χ1) is 6.31. The molecule has 0 bridgehead atoms. The number of nitriles is 1. The number of rotatable bonds is 0. The second-order valence-electron chi connectivity index (χ2n) is 2.64. The number of hydrogen-bond donors (Lipinski definition) is 0. The zero-order valence-electron chi connectivity index (χ0n) is 6.66. The van der Waals surface area contributed by atoms with Gasteiger partial charge in [-0.05, 0) is 17.5 Å². The van der Waals surface area contributed by atoms with Crippen molar-refractivity contribution in [2.45, 2.75) is 0 Å². The van der Waals surface area contributed by atoms with E-state index in [1.807, 2.05) is 24.3 Å². The Morgan fingerprint density at radius 1 is 1.38 bits per heavy atom. The maximum Gasteiger partial charge on any atom is 0.141 e. The van der Waals surface area contributed by atoms with E-state index in [4.69, 9.17) is 5.26 Å². The second kappa shape index (κ2) is 3.15. The maximum absolute atomic E-state index is 8.64. The van der Waals surface area contributed by atoms with Crippen molar-refractivity contribution in [3.05, 3.63) is 40.6 Å². The third-order valence-electron chi connectivity index (χ3n) is 1.83. The van der Waals surface area contributed by atoms with Gasteiger partial charge in [0.05, 0.1) is 0 Å². The average molecular weight is 233 g/mol. The molecule has 0 saturated heterocycles. The van der Waals surface area contributed by atoms with Gasteiger partial charge in [0.2, 0.25) is 0 Å². The summed E-state index contributed by atoms with van der Waals surface area (Å²) in [5.74, 6) is 0. The van der Waals surface area contributed by atoms with Gasteiger partial charge in [-0.2, -0.15) is 5.26 Å².